The second-order valence-corrected chi connectivity index (χ2v) is 4.64. The topological polar surface area (TPSA) is 88.5 Å². The smallest absolute Gasteiger partial charge is 0.337 e. The van der Waals surface area contributed by atoms with Gasteiger partial charge >= 0.3 is 5.97 Å². The summed E-state index contributed by atoms with van der Waals surface area (Å²) in [5.41, 5.74) is -1.64. The Morgan fingerprint density at radius 1 is 1.47 bits per heavy atom. The molecule has 19 heavy (non-hydrogen) atoms. The number of halogens is 2. The van der Waals surface area contributed by atoms with Crippen LogP contribution < -0.4 is 10.1 Å². The number of amides is 1. The summed E-state index contributed by atoms with van der Waals surface area (Å²) >= 11 is 0. The third-order valence-electron chi connectivity index (χ3n) is 3.14. The lowest BCUT2D eigenvalue weighted by molar-refractivity contribution is -0.197. The summed E-state index contributed by atoms with van der Waals surface area (Å²) < 4.78 is 31.1. The minimum Gasteiger partial charge on any atom is -0.478 e. The summed E-state index contributed by atoms with van der Waals surface area (Å²) in [5.74, 6) is -4.87. The van der Waals surface area contributed by atoms with E-state index < -0.39 is 36.2 Å². The number of hydrogen-bond acceptors (Lipinski definition) is 4. The molecule has 0 unspecified atom stereocenters. The molecule has 2 heterocycles. The molecule has 1 fully saturated rings. The van der Waals surface area contributed by atoms with Crippen LogP contribution in [0.5, 0.6) is 5.88 Å². The predicted octanol–water partition coefficient (Wildman–Crippen LogP) is 1.28. The number of ether oxygens (including phenoxy) is 1. The molecule has 1 saturated carbocycles. The lowest BCUT2D eigenvalue weighted by atomic mass is 9.75. The molecule has 0 atom stereocenters. The molecule has 1 aromatic rings. The van der Waals surface area contributed by atoms with Gasteiger partial charge in [0.2, 0.25) is 11.5 Å². The summed E-state index contributed by atoms with van der Waals surface area (Å²) in [6.45, 7) is 0. The summed E-state index contributed by atoms with van der Waals surface area (Å²) in [6.07, 6.45) is -0.357. The number of aromatic nitrogens is 1. The third-order valence-corrected chi connectivity index (χ3v) is 3.14. The predicted molar refractivity (Wildman–Crippen MR) is 57.4 cm³/mol. The van der Waals surface area contributed by atoms with Crippen molar-refractivity contribution in [1.29, 1.82) is 0 Å². The van der Waals surface area contributed by atoms with Gasteiger partial charge in [-0.05, 0) is 6.07 Å². The Morgan fingerprint density at radius 3 is 2.74 bits per heavy atom. The van der Waals surface area contributed by atoms with Crippen LogP contribution in [0.2, 0.25) is 0 Å². The molecular weight excluding hydrogens is 262 g/mol. The number of carboxylic acid groups (broad SMARTS) is 1. The molecule has 6 nitrogen and oxygen atoms in total. The van der Waals surface area contributed by atoms with E-state index in [0.29, 0.717) is 0 Å². The van der Waals surface area contributed by atoms with Gasteiger partial charge in [0.25, 0.3) is 11.8 Å². The maximum atomic E-state index is 12.9. The number of nitrogens with zero attached hydrogens (tertiary/aromatic N) is 1. The summed E-state index contributed by atoms with van der Waals surface area (Å²) in [4.78, 5) is 26.3. The van der Waals surface area contributed by atoms with Crippen LogP contribution in [-0.4, -0.2) is 33.5 Å². The van der Waals surface area contributed by atoms with Crippen molar-refractivity contribution in [2.75, 3.05) is 5.32 Å². The number of aromatic carboxylic acids is 1. The highest BCUT2D eigenvalue weighted by Gasteiger charge is 2.64. The molecule has 0 saturated heterocycles. The van der Waals surface area contributed by atoms with Gasteiger partial charge in [0.15, 0.2) is 0 Å². The maximum Gasteiger partial charge on any atom is 0.337 e. The van der Waals surface area contributed by atoms with Crippen molar-refractivity contribution in [3.63, 3.8) is 0 Å². The first-order chi connectivity index (χ1) is 8.81. The van der Waals surface area contributed by atoms with Crippen LogP contribution >= 0.6 is 0 Å². The third kappa shape index (κ3) is 1.71. The van der Waals surface area contributed by atoms with Gasteiger partial charge in [0.05, 0.1) is 18.4 Å². The normalized spacial score (nSPS) is 21.9. The molecule has 0 radical (unpaired) electrons. The zero-order valence-electron chi connectivity index (χ0n) is 9.44. The average molecular weight is 270 g/mol. The van der Waals surface area contributed by atoms with Crippen molar-refractivity contribution in [2.45, 2.75) is 24.4 Å². The van der Waals surface area contributed by atoms with Gasteiger partial charge in [-0.15, -0.1) is 0 Å². The van der Waals surface area contributed by atoms with Crippen molar-refractivity contribution in [1.82, 2.24) is 4.98 Å². The first kappa shape index (κ1) is 11.8. The first-order valence-corrected chi connectivity index (χ1v) is 5.43. The van der Waals surface area contributed by atoms with E-state index in [9.17, 15) is 18.4 Å². The fraction of sp³-hybridized carbons (Fsp3) is 0.364. The quantitative estimate of drug-likeness (QED) is 0.802. The molecule has 1 amide bonds. The molecule has 100 valence electrons. The fourth-order valence-corrected chi connectivity index (χ4v) is 2.22. The van der Waals surface area contributed by atoms with Crippen LogP contribution in [0.15, 0.2) is 12.3 Å². The lowest BCUT2D eigenvalue weighted by Crippen LogP contribution is -2.64. The Balaban J connectivity index is 1.93. The highest BCUT2D eigenvalue weighted by atomic mass is 19.3. The second-order valence-electron chi connectivity index (χ2n) is 4.64. The summed E-state index contributed by atoms with van der Waals surface area (Å²) in [6, 6.07) is 1.17. The van der Waals surface area contributed by atoms with Crippen molar-refractivity contribution >= 4 is 17.6 Å². The minimum absolute atomic E-state index is 0.0416. The highest BCUT2D eigenvalue weighted by Crippen LogP contribution is 2.51. The van der Waals surface area contributed by atoms with Gasteiger partial charge in [-0.3, -0.25) is 4.79 Å². The van der Waals surface area contributed by atoms with Crippen LogP contribution in [0.3, 0.4) is 0 Å². The Hall–Kier alpha value is -2.25. The van der Waals surface area contributed by atoms with E-state index in [4.69, 9.17) is 9.84 Å². The number of alkyl halides is 2. The number of rotatable bonds is 1. The number of carbonyl (C=O) groups is 2. The number of pyridine rings is 1. The van der Waals surface area contributed by atoms with E-state index in [1.54, 1.807) is 0 Å². The number of carbonyl (C=O) groups excluding carboxylic acids is 1. The SMILES string of the molecule is O=C(O)c1cnc2c(c1)NC(=O)C1(CC(F)(F)C1)O2. The number of fused-ring (bicyclic) bond motifs is 1. The van der Waals surface area contributed by atoms with Crippen LogP contribution in [0.25, 0.3) is 0 Å². The molecule has 1 aliphatic carbocycles. The van der Waals surface area contributed by atoms with Gasteiger partial charge in [-0.25, -0.2) is 18.6 Å². The van der Waals surface area contributed by atoms with Crippen LogP contribution in [0.1, 0.15) is 23.2 Å². The van der Waals surface area contributed by atoms with Crippen LogP contribution in [0.4, 0.5) is 14.5 Å². The van der Waals surface area contributed by atoms with Gasteiger partial charge in [-0.2, -0.15) is 0 Å². The van der Waals surface area contributed by atoms with Gasteiger partial charge in [-0.1, -0.05) is 0 Å². The van der Waals surface area contributed by atoms with Crippen molar-refractivity contribution in [3.8, 4) is 5.88 Å². The molecule has 8 heteroatoms. The van der Waals surface area contributed by atoms with E-state index in [1.165, 1.54) is 6.07 Å². The zero-order valence-corrected chi connectivity index (χ0v) is 9.44. The lowest BCUT2D eigenvalue weighted by Gasteiger charge is -2.46. The number of carboxylic acids is 1. The Morgan fingerprint density at radius 2 is 2.16 bits per heavy atom. The van der Waals surface area contributed by atoms with E-state index in [1.807, 2.05) is 0 Å². The molecule has 2 N–H and O–H groups in total. The molecule has 0 bridgehead atoms. The molecule has 2 aliphatic rings. The summed E-state index contributed by atoms with van der Waals surface area (Å²) in [7, 11) is 0. The molecule has 1 aliphatic heterocycles. The molecular formula is C11H8F2N2O4. The van der Waals surface area contributed by atoms with Gasteiger partial charge in [0, 0.05) is 6.20 Å². The Kier molecular flexibility index (Phi) is 2.11. The average Bonchev–Trinajstić information content (AvgIpc) is 2.27. The zero-order chi connectivity index (χ0) is 13.8. The molecule has 0 aromatic carbocycles. The van der Waals surface area contributed by atoms with Crippen molar-refractivity contribution in [3.05, 3.63) is 17.8 Å². The number of nitrogens with one attached hydrogen (secondary N) is 1. The second kappa shape index (κ2) is 3.40. The molecule has 1 aromatic heterocycles. The van der Waals surface area contributed by atoms with E-state index in [0.717, 1.165) is 6.20 Å². The standard InChI is InChI=1S/C11H8F2N2O4/c12-11(13)3-10(4-11)9(18)15-6-1-5(8(16)17)2-14-7(6)19-10/h1-2H,3-4H2,(H,15,18)(H,16,17). The maximum absolute atomic E-state index is 12.9. The molecule has 1 spiro atoms. The monoisotopic (exact) mass is 270 g/mol. The van der Waals surface area contributed by atoms with E-state index in [2.05, 4.69) is 10.3 Å². The van der Waals surface area contributed by atoms with Gasteiger partial charge < -0.3 is 15.2 Å². The van der Waals surface area contributed by atoms with Crippen LogP contribution in [0, 0.1) is 0 Å². The largest absolute Gasteiger partial charge is 0.478 e. The highest BCUT2D eigenvalue weighted by molar-refractivity contribution is 6.02. The Bertz CT molecular complexity index is 594. The van der Waals surface area contributed by atoms with Crippen molar-refractivity contribution < 1.29 is 28.2 Å². The van der Waals surface area contributed by atoms with Crippen molar-refractivity contribution in [2.24, 2.45) is 0 Å². The first-order valence-electron chi connectivity index (χ1n) is 5.43. The number of hydrogen-bond donors (Lipinski definition) is 2. The van der Waals surface area contributed by atoms with Crippen LogP contribution in [-0.2, 0) is 4.79 Å². The van der Waals surface area contributed by atoms with Gasteiger partial charge in [0.1, 0.15) is 5.69 Å². The number of anilines is 1. The van der Waals surface area contributed by atoms with E-state index >= 15 is 0 Å². The molecule has 3 rings (SSSR count). The minimum atomic E-state index is -2.92. The Labute approximate surface area is 105 Å². The summed E-state index contributed by atoms with van der Waals surface area (Å²) in [5, 5.41) is 11.2. The van der Waals surface area contributed by atoms with E-state index in [-0.39, 0.29) is 17.1 Å². The fourth-order valence-electron chi connectivity index (χ4n) is 2.22.